The van der Waals surface area contributed by atoms with Gasteiger partial charge in [-0.1, -0.05) is 6.92 Å². The summed E-state index contributed by atoms with van der Waals surface area (Å²) in [5.41, 5.74) is 8.54. The topological polar surface area (TPSA) is 39.2 Å². The van der Waals surface area contributed by atoms with E-state index >= 15 is 0 Å². The first kappa shape index (κ1) is 11.9. The summed E-state index contributed by atoms with van der Waals surface area (Å²) in [5.74, 6) is 0.981. The standard InChI is InChI=1S/C12H14BrNOS/c1-3-10-8(4-5-15-10)12(14)9-6-11(13)16-7(9)2/h4-6,12H,3,14H2,1-2H3. The lowest BCUT2D eigenvalue weighted by atomic mass is 10.0. The normalized spacial score (nSPS) is 13.0. The Balaban J connectivity index is 2.38. The van der Waals surface area contributed by atoms with E-state index in [1.54, 1.807) is 17.6 Å². The van der Waals surface area contributed by atoms with Crippen LogP contribution in [0.25, 0.3) is 0 Å². The number of hydrogen-bond donors (Lipinski definition) is 1. The second-order valence-corrected chi connectivity index (χ2v) is 6.33. The van der Waals surface area contributed by atoms with Gasteiger partial charge in [-0.3, -0.25) is 0 Å². The molecule has 0 saturated carbocycles. The lowest BCUT2D eigenvalue weighted by Gasteiger charge is -2.11. The van der Waals surface area contributed by atoms with Crippen LogP contribution in [-0.2, 0) is 6.42 Å². The Morgan fingerprint density at radius 1 is 1.50 bits per heavy atom. The number of halogens is 1. The Bertz CT molecular complexity index is 489. The van der Waals surface area contributed by atoms with Gasteiger partial charge in [0.25, 0.3) is 0 Å². The molecule has 0 aliphatic carbocycles. The summed E-state index contributed by atoms with van der Waals surface area (Å²) in [4.78, 5) is 1.25. The van der Waals surface area contributed by atoms with Crippen molar-refractivity contribution in [2.75, 3.05) is 0 Å². The van der Waals surface area contributed by atoms with Crippen LogP contribution in [0.15, 0.2) is 26.6 Å². The van der Waals surface area contributed by atoms with Gasteiger partial charge in [0, 0.05) is 16.9 Å². The summed E-state index contributed by atoms with van der Waals surface area (Å²) < 4.78 is 6.54. The highest BCUT2D eigenvalue weighted by atomic mass is 79.9. The highest BCUT2D eigenvalue weighted by Gasteiger charge is 2.18. The van der Waals surface area contributed by atoms with Gasteiger partial charge < -0.3 is 10.2 Å². The SMILES string of the molecule is CCc1occc1C(N)c1cc(Br)sc1C. The lowest BCUT2D eigenvalue weighted by molar-refractivity contribution is 0.509. The van der Waals surface area contributed by atoms with Crippen molar-refractivity contribution in [3.05, 3.63) is 43.9 Å². The second kappa shape index (κ2) is 4.73. The molecule has 0 radical (unpaired) electrons. The van der Waals surface area contributed by atoms with E-state index < -0.39 is 0 Å². The Kier molecular flexibility index (Phi) is 3.52. The second-order valence-electron chi connectivity index (χ2n) is 3.69. The summed E-state index contributed by atoms with van der Waals surface area (Å²) in [6.45, 7) is 4.17. The molecule has 0 aromatic carbocycles. The molecule has 16 heavy (non-hydrogen) atoms. The molecule has 0 saturated heterocycles. The monoisotopic (exact) mass is 299 g/mol. The van der Waals surface area contributed by atoms with E-state index in [1.807, 2.05) is 6.07 Å². The average molecular weight is 300 g/mol. The zero-order valence-corrected chi connectivity index (χ0v) is 11.7. The fraction of sp³-hybridized carbons (Fsp3) is 0.333. The molecule has 0 fully saturated rings. The Labute approximate surface area is 108 Å². The van der Waals surface area contributed by atoms with Crippen LogP contribution < -0.4 is 5.73 Å². The molecule has 2 nitrogen and oxygen atoms in total. The number of furan rings is 1. The van der Waals surface area contributed by atoms with Crippen molar-refractivity contribution in [1.29, 1.82) is 0 Å². The molecule has 0 aliphatic rings. The third-order valence-electron chi connectivity index (χ3n) is 2.70. The highest BCUT2D eigenvalue weighted by molar-refractivity contribution is 9.11. The van der Waals surface area contributed by atoms with E-state index in [-0.39, 0.29) is 6.04 Å². The van der Waals surface area contributed by atoms with Crippen molar-refractivity contribution >= 4 is 27.3 Å². The van der Waals surface area contributed by atoms with Crippen LogP contribution in [-0.4, -0.2) is 0 Å². The third-order valence-corrected chi connectivity index (χ3v) is 4.27. The summed E-state index contributed by atoms with van der Waals surface area (Å²) in [6.07, 6.45) is 2.59. The van der Waals surface area contributed by atoms with Gasteiger partial charge in [0.1, 0.15) is 5.76 Å². The van der Waals surface area contributed by atoms with E-state index in [4.69, 9.17) is 10.2 Å². The Hall–Kier alpha value is -0.580. The van der Waals surface area contributed by atoms with Gasteiger partial charge in [0.05, 0.1) is 16.1 Å². The van der Waals surface area contributed by atoms with Crippen LogP contribution >= 0.6 is 27.3 Å². The van der Waals surface area contributed by atoms with Crippen LogP contribution in [0.4, 0.5) is 0 Å². The first-order valence-corrected chi connectivity index (χ1v) is 6.82. The van der Waals surface area contributed by atoms with E-state index in [0.29, 0.717) is 0 Å². The highest BCUT2D eigenvalue weighted by Crippen LogP contribution is 2.33. The average Bonchev–Trinajstić information content (AvgIpc) is 2.83. The summed E-state index contributed by atoms with van der Waals surface area (Å²) in [6, 6.07) is 3.97. The summed E-state index contributed by atoms with van der Waals surface area (Å²) >= 11 is 5.20. The molecule has 4 heteroatoms. The molecule has 0 amide bonds. The first-order chi connectivity index (χ1) is 7.63. The number of aryl methyl sites for hydroxylation is 2. The minimum absolute atomic E-state index is 0.0868. The predicted molar refractivity (Wildman–Crippen MR) is 70.9 cm³/mol. The Morgan fingerprint density at radius 2 is 2.25 bits per heavy atom. The van der Waals surface area contributed by atoms with Crippen LogP contribution in [0.3, 0.4) is 0 Å². The largest absolute Gasteiger partial charge is 0.469 e. The van der Waals surface area contributed by atoms with Gasteiger partial charge in [-0.2, -0.15) is 0 Å². The van der Waals surface area contributed by atoms with Crippen molar-refractivity contribution < 1.29 is 4.42 Å². The van der Waals surface area contributed by atoms with Gasteiger partial charge in [0.15, 0.2) is 0 Å². The van der Waals surface area contributed by atoms with E-state index in [1.165, 1.54) is 10.4 Å². The molecular formula is C12H14BrNOS. The van der Waals surface area contributed by atoms with E-state index in [0.717, 1.165) is 21.5 Å². The lowest BCUT2D eigenvalue weighted by Crippen LogP contribution is -2.12. The smallest absolute Gasteiger partial charge is 0.108 e. The zero-order valence-electron chi connectivity index (χ0n) is 9.29. The van der Waals surface area contributed by atoms with Crippen LogP contribution in [0.2, 0.25) is 0 Å². The van der Waals surface area contributed by atoms with Crippen molar-refractivity contribution in [2.45, 2.75) is 26.3 Å². The summed E-state index contributed by atoms with van der Waals surface area (Å²) in [5, 5.41) is 0. The molecule has 2 N–H and O–H groups in total. The van der Waals surface area contributed by atoms with E-state index in [2.05, 4.69) is 35.8 Å². The van der Waals surface area contributed by atoms with Gasteiger partial charge >= 0.3 is 0 Å². The maximum Gasteiger partial charge on any atom is 0.108 e. The van der Waals surface area contributed by atoms with E-state index in [9.17, 15) is 0 Å². The summed E-state index contributed by atoms with van der Waals surface area (Å²) in [7, 11) is 0. The van der Waals surface area contributed by atoms with Crippen molar-refractivity contribution in [2.24, 2.45) is 5.73 Å². The number of nitrogens with two attached hydrogens (primary N) is 1. The molecule has 0 aliphatic heterocycles. The fourth-order valence-electron chi connectivity index (χ4n) is 1.85. The maximum absolute atomic E-state index is 6.28. The molecule has 2 aromatic rings. The first-order valence-electron chi connectivity index (χ1n) is 5.21. The number of hydrogen-bond acceptors (Lipinski definition) is 3. The molecule has 1 atom stereocenters. The molecule has 2 rings (SSSR count). The maximum atomic E-state index is 6.28. The number of rotatable bonds is 3. The molecule has 86 valence electrons. The van der Waals surface area contributed by atoms with Crippen molar-refractivity contribution in [1.82, 2.24) is 0 Å². The van der Waals surface area contributed by atoms with Gasteiger partial charge in [0.2, 0.25) is 0 Å². The zero-order chi connectivity index (χ0) is 11.7. The van der Waals surface area contributed by atoms with Crippen molar-refractivity contribution in [3.8, 4) is 0 Å². The molecule has 1 unspecified atom stereocenters. The van der Waals surface area contributed by atoms with Crippen LogP contribution in [0.1, 0.15) is 34.7 Å². The fourth-order valence-corrected chi connectivity index (χ4v) is 3.61. The molecule has 0 bridgehead atoms. The van der Waals surface area contributed by atoms with Gasteiger partial charge in [-0.05, 0) is 40.5 Å². The third kappa shape index (κ3) is 2.10. The molecule has 0 spiro atoms. The Morgan fingerprint density at radius 3 is 2.81 bits per heavy atom. The molecular weight excluding hydrogens is 286 g/mol. The van der Waals surface area contributed by atoms with Crippen LogP contribution in [0.5, 0.6) is 0 Å². The van der Waals surface area contributed by atoms with Crippen molar-refractivity contribution in [3.63, 3.8) is 0 Å². The molecule has 2 heterocycles. The minimum atomic E-state index is -0.0868. The predicted octanol–water partition coefficient (Wildman–Crippen LogP) is 4.02. The number of thiophene rings is 1. The molecule has 2 aromatic heterocycles. The quantitative estimate of drug-likeness (QED) is 0.929. The minimum Gasteiger partial charge on any atom is -0.469 e. The van der Waals surface area contributed by atoms with Gasteiger partial charge in [-0.25, -0.2) is 0 Å². The van der Waals surface area contributed by atoms with Gasteiger partial charge in [-0.15, -0.1) is 11.3 Å². The van der Waals surface area contributed by atoms with Crippen LogP contribution in [0, 0.1) is 6.92 Å².